The first-order valence-corrected chi connectivity index (χ1v) is 7.63. The molecule has 3 rings (SSSR count). The Hall–Kier alpha value is -1.42. The molecule has 3 atom stereocenters. The van der Waals surface area contributed by atoms with E-state index in [1.807, 2.05) is 12.3 Å². The summed E-state index contributed by atoms with van der Waals surface area (Å²) in [4.78, 5) is 17.9. The van der Waals surface area contributed by atoms with E-state index >= 15 is 0 Å². The number of rotatable bonds is 4. The Bertz CT molecular complexity index is 463. The lowest BCUT2D eigenvalue weighted by molar-refractivity contribution is -0.142. The van der Waals surface area contributed by atoms with Gasteiger partial charge in [-0.25, -0.2) is 0 Å². The Balaban J connectivity index is 1.69. The molecule has 1 saturated carbocycles. The van der Waals surface area contributed by atoms with Crippen molar-refractivity contribution in [2.24, 2.45) is 5.92 Å². The van der Waals surface area contributed by atoms with E-state index < -0.39 is 5.97 Å². The average Bonchev–Trinajstić information content (AvgIpc) is 2.85. The summed E-state index contributed by atoms with van der Waals surface area (Å²) in [6.07, 6.45) is 10.3. The number of carboxylic acid groups (broad SMARTS) is 1. The fourth-order valence-electron chi connectivity index (χ4n) is 3.92. The molecule has 0 amide bonds. The largest absolute Gasteiger partial charge is 0.480 e. The fourth-order valence-corrected chi connectivity index (χ4v) is 3.92. The van der Waals surface area contributed by atoms with Gasteiger partial charge < -0.3 is 5.11 Å². The molecule has 2 fully saturated rings. The molecule has 20 heavy (non-hydrogen) atoms. The van der Waals surface area contributed by atoms with Gasteiger partial charge in [-0.1, -0.05) is 18.9 Å². The number of hydrogen-bond acceptors (Lipinski definition) is 3. The van der Waals surface area contributed by atoms with E-state index in [0.29, 0.717) is 12.0 Å². The predicted molar refractivity (Wildman–Crippen MR) is 76.4 cm³/mol. The van der Waals surface area contributed by atoms with Crippen LogP contribution in [0.5, 0.6) is 0 Å². The zero-order valence-electron chi connectivity index (χ0n) is 11.7. The zero-order valence-corrected chi connectivity index (χ0v) is 11.7. The van der Waals surface area contributed by atoms with Crippen molar-refractivity contribution in [2.75, 3.05) is 6.54 Å². The normalized spacial score (nSPS) is 30.1. The molecule has 4 nitrogen and oxygen atoms in total. The first-order chi connectivity index (χ1) is 9.75. The topological polar surface area (TPSA) is 53.4 Å². The van der Waals surface area contributed by atoms with Crippen molar-refractivity contribution < 1.29 is 9.90 Å². The minimum atomic E-state index is -0.648. The summed E-state index contributed by atoms with van der Waals surface area (Å²) >= 11 is 0. The molecule has 1 N–H and O–H groups in total. The highest BCUT2D eigenvalue weighted by molar-refractivity contribution is 5.74. The summed E-state index contributed by atoms with van der Waals surface area (Å²) in [5, 5.41) is 9.47. The Kier molecular flexibility index (Phi) is 4.01. The van der Waals surface area contributed by atoms with Crippen molar-refractivity contribution in [1.29, 1.82) is 0 Å². The standard InChI is InChI=1S/C16H22N2O2/c19-16(20)15-10-13-5-1-2-6-14(13)18(15)9-7-12-4-3-8-17-11-12/h3-4,8,11,13-15H,1-2,5-7,9-10H2,(H,19,20)/t13-,14+,15+/m1/s1. The maximum atomic E-state index is 11.5. The lowest BCUT2D eigenvalue weighted by Gasteiger charge is -2.32. The lowest BCUT2D eigenvalue weighted by atomic mass is 9.84. The van der Waals surface area contributed by atoms with E-state index in [1.54, 1.807) is 6.20 Å². The monoisotopic (exact) mass is 274 g/mol. The van der Waals surface area contributed by atoms with Crippen molar-refractivity contribution in [3.05, 3.63) is 30.1 Å². The van der Waals surface area contributed by atoms with Gasteiger partial charge in [-0.3, -0.25) is 14.7 Å². The van der Waals surface area contributed by atoms with Crippen LogP contribution in [0.25, 0.3) is 0 Å². The van der Waals surface area contributed by atoms with Gasteiger partial charge in [0.25, 0.3) is 0 Å². The van der Waals surface area contributed by atoms with E-state index in [-0.39, 0.29) is 6.04 Å². The van der Waals surface area contributed by atoms with Crippen molar-refractivity contribution in [3.63, 3.8) is 0 Å². The molecule has 2 aliphatic rings. The molecule has 0 aromatic carbocycles. The van der Waals surface area contributed by atoms with Crippen molar-refractivity contribution in [3.8, 4) is 0 Å². The van der Waals surface area contributed by atoms with Gasteiger partial charge >= 0.3 is 5.97 Å². The number of aromatic nitrogens is 1. The highest BCUT2D eigenvalue weighted by Gasteiger charge is 2.44. The first kappa shape index (κ1) is 13.6. The summed E-state index contributed by atoms with van der Waals surface area (Å²) in [5.74, 6) is -0.0515. The van der Waals surface area contributed by atoms with E-state index in [1.165, 1.54) is 31.2 Å². The lowest BCUT2D eigenvalue weighted by Crippen LogP contribution is -2.43. The molecule has 0 spiro atoms. The maximum absolute atomic E-state index is 11.5. The van der Waals surface area contributed by atoms with Crippen molar-refractivity contribution >= 4 is 5.97 Å². The van der Waals surface area contributed by atoms with Crippen LogP contribution in [0.4, 0.5) is 0 Å². The SMILES string of the molecule is O=C(O)[C@@H]1C[C@H]2CCCC[C@@H]2N1CCc1cccnc1. The second-order valence-electron chi connectivity index (χ2n) is 6.05. The molecule has 1 saturated heterocycles. The van der Waals surface area contributed by atoms with Gasteiger partial charge in [-0.2, -0.15) is 0 Å². The Morgan fingerprint density at radius 3 is 3.00 bits per heavy atom. The average molecular weight is 274 g/mol. The van der Waals surface area contributed by atoms with Gasteiger partial charge in [0.05, 0.1) is 0 Å². The van der Waals surface area contributed by atoms with Crippen LogP contribution in [0, 0.1) is 5.92 Å². The molecule has 1 aromatic heterocycles. The molecule has 108 valence electrons. The van der Waals surface area contributed by atoms with Gasteiger partial charge in [0.15, 0.2) is 0 Å². The second-order valence-corrected chi connectivity index (χ2v) is 6.05. The number of aliphatic carboxylic acids is 1. The third-order valence-corrected chi connectivity index (χ3v) is 4.89. The summed E-state index contributed by atoms with van der Waals surface area (Å²) in [6, 6.07) is 4.22. The number of fused-ring (bicyclic) bond motifs is 1. The van der Waals surface area contributed by atoms with E-state index in [9.17, 15) is 9.90 Å². The second kappa shape index (κ2) is 5.92. The van der Waals surface area contributed by atoms with Crippen LogP contribution in [-0.2, 0) is 11.2 Å². The minimum absolute atomic E-state index is 0.278. The third-order valence-electron chi connectivity index (χ3n) is 4.89. The summed E-state index contributed by atoms with van der Waals surface area (Å²) in [7, 11) is 0. The first-order valence-electron chi connectivity index (χ1n) is 7.63. The molecule has 4 heteroatoms. The number of nitrogens with zero attached hydrogens (tertiary/aromatic N) is 2. The fraction of sp³-hybridized carbons (Fsp3) is 0.625. The summed E-state index contributed by atoms with van der Waals surface area (Å²) in [5.41, 5.74) is 1.19. The maximum Gasteiger partial charge on any atom is 0.320 e. The molecule has 1 aliphatic carbocycles. The Morgan fingerprint density at radius 1 is 1.40 bits per heavy atom. The number of carbonyl (C=O) groups is 1. The van der Waals surface area contributed by atoms with E-state index in [2.05, 4.69) is 16.0 Å². The third kappa shape index (κ3) is 2.70. The van der Waals surface area contributed by atoms with Gasteiger partial charge in [-0.05, 0) is 43.2 Å². The van der Waals surface area contributed by atoms with Crippen LogP contribution in [0.15, 0.2) is 24.5 Å². The Morgan fingerprint density at radius 2 is 2.25 bits per heavy atom. The number of hydrogen-bond donors (Lipinski definition) is 1. The Labute approximate surface area is 119 Å². The molecular weight excluding hydrogens is 252 g/mol. The molecular formula is C16H22N2O2. The van der Waals surface area contributed by atoms with Crippen LogP contribution in [0.2, 0.25) is 0 Å². The van der Waals surface area contributed by atoms with Crippen molar-refractivity contribution in [1.82, 2.24) is 9.88 Å². The molecule has 0 unspecified atom stereocenters. The highest BCUT2D eigenvalue weighted by Crippen LogP contribution is 2.39. The molecule has 1 aromatic rings. The summed E-state index contributed by atoms with van der Waals surface area (Å²) < 4.78 is 0. The molecule has 0 bridgehead atoms. The van der Waals surface area contributed by atoms with Gasteiger partial charge in [0, 0.05) is 25.0 Å². The number of pyridine rings is 1. The van der Waals surface area contributed by atoms with Crippen LogP contribution in [0.1, 0.15) is 37.7 Å². The summed E-state index contributed by atoms with van der Waals surface area (Å²) in [6.45, 7) is 0.837. The smallest absolute Gasteiger partial charge is 0.320 e. The van der Waals surface area contributed by atoms with Gasteiger partial charge in [-0.15, -0.1) is 0 Å². The molecule has 1 aliphatic heterocycles. The van der Waals surface area contributed by atoms with Crippen LogP contribution in [0.3, 0.4) is 0 Å². The minimum Gasteiger partial charge on any atom is -0.480 e. The molecule has 2 heterocycles. The molecule has 0 radical (unpaired) electrons. The van der Waals surface area contributed by atoms with Crippen LogP contribution >= 0.6 is 0 Å². The van der Waals surface area contributed by atoms with E-state index in [0.717, 1.165) is 19.4 Å². The highest BCUT2D eigenvalue weighted by atomic mass is 16.4. The zero-order chi connectivity index (χ0) is 13.9. The number of carboxylic acids is 1. The van der Waals surface area contributed by atoms with Crippen LogP contribution < -0.4 is 0 Å². The number of likely N-dealkylation sites (tertiary alicyclic amines) is 1. The van der Waals surface area contributed by atoms with Gasteiger partial charge in [0.2, 0.25) is 0 Å². The van der Waals surface area contributed by atoms with Crippen molar-refractivity contribution in [2.45, 2.75) is 50.6 Å². The van der Waals surface area contributed by atoms with E-state index in [4.69, 9.17) is 0 Å². The van der Waals surface area contributed by atoms with Crippen LogP contribution in [-0.4, -0.2) is 39.6 Å². The predicted octanol–water partition coefficient (Wildman–Crippen LogP) is 2.34. The quantitative estimate of drug-likeness (QED) is 0.915. The van der Waals surface area contributed by atoms with Gasteiger partial charge in [0.1, 0.15) is 6.04 Å².